The zero-order valence-corrected chi connectivity index (χ0v) is 26.6. The topological polar surface area (TPSA) is 38.7 Å². The molecule has 0 atom stereocenters. The van der Waals surface area contributed by atoms with Gasteiger partial charge in [-0.2, -0.15) is 0 Å². The molecule has 0 radical (unpaired) electrons. The quantitative estimate of drug-likeness (QED) is 0.168. The molecule has 7 aromatic rings. The molecule has 4 aromatic carbocycles. The molecule has 4 heteroatoms. The molecule has 220 valence electrons. The van der Waals surface area contributed by atoms with Crippen LogP contribution in [0.25, 0.3) is 44.9 Å². The van der Waals surface area contributed by atoms with Crippen molar-refractivity contribution in [3.8, 4) is 44.9 Å². The molecular formula is C41H32IrN3. The van der Waals surface area contributed by atoms with E-state index in [4.69, 9.17) is 8.22 Å². The largest absolute Gasteiger partial charge is 3.00 e. The molecule has 0 amide bonds. The van der Waals surface area contributed by atoms with Gasteiger partial charge in [-0.1, -0.05) is 77.9 Å². The van der Waals surface area contributed by atoms with Crippen LogP contribution in [0, 0.1) is 31.9 Å². The van der Waals surface area contributed by atoms with E-state index in [2.05, 4.69) is 57.4 Å². The first kappa shape index (κ1) is 25.3. The van der Waals surface area contributed by atoms with Gasteiger partial charge in [0, 0.05) is 25.8 Å². The van der Waals surface area contributed by atoms with Crippen molar-refractivity contribution >= 4 is 0 Å². The van der Waals surface area contributed by atoms with Crippen LogP contribution in [0.1, 0.15) is 19.6 Å². The second-order valence-electron chi connectivity index (χ2n) is 9.44. The molecule has 0 bridgehead atoms. The van der Waals surface area contributed by atoms with Crippen molar-refractivity contribution in [3.05, 3.63) is 187 Å². The number of benzene rings is 4. The maximum atomic E-state index is 7.29. The zero-order valence-electron chi connectivity index (χ0n) is 30.2. The van der Waals surface area contributed by atoms with E-state index < -0.39 is 13.7 Å². The first-order chi connectivity index (χ1) is 24.1. The molecule has 3 nitrogen and oxygen atoms in total. The second-order valence-corrected chi connectivity index (χ2v) is 9.44. The van der Waals surface area contributed by atoms with E-state index in [0.717, 1.165) is 22.4 Å². The van der Waals surface area contributed by atoms with Gasteiger partial charge >= 0.3 is 20.1 Å². The Labute approximate surface area is 288 Å². The minimum atomic E-state index is -2.16. The summed E-state index contributed by atoms with van der Waals surface area (Å²) < 4.78 is 43.8. The Morgan fingerprint density at radius 3 is 1.51 bits per heavy atom. The molecule has 0 aliphatic heterocycles. The number of pyridine rings is 3. The summed E-state index contributed by atoms with van der Waals surface area (Å²) in [7, 11) is 0. The van der Waals surface area contributed by atoms with Gasteiger partial charge < -0.3 is 15.0 Å². The van der Waals surface area contributed by atoms with Crippen molar-refractivity contribution in [1.82, 2.24) is 15.0 Å². The van der Waals surface area contributed by atoms with Gasteiger partial charge in [-0.3, -0.25) is 0 Å². The van der Waals surface area contributed by atoms with E-state index in [1.165, 1.54) is 23.3 Å². The number of aromatic nitrogens is 3. The van der Waals surface area contributed by atoms with Gasteiger partial charge in [0.15, 0.2) is 0 Å². The third-order valence-electron chi connectivity index (χ3n) is 6.33. The average molecular weight is 765 g/mol. The fourth-order valence-corrected chi connectivity index (χ4v) is 4.19. The van der Waals surface area contributed by atoms with Crippen molar-refractivity contribution in [2.75, 3.05) is 0 Å². The van der Waals surface area contributed by atoms with Crippen molar-refractivity contribution in [1.29, 1.82) is 0 Å². The summed E-state index contributed by atoms with van der Waals surface area (Å²) in [6.07, 6.45) is 1.80. The predicted octanol–water partition coefficient (Wildman–Crippen LogP) is 9.93. The molecule has 3 aromatic heterocycles. The Morgan fingerprint density at radius 1 is 0.467 bits per heavy atom. The average Bonchev–Trinajstić information content (AvgIpc) is 3.16. The summed E-state index contributed by atoms with van der Waals surface area (Å²) in [6.45, 7) is -4.32. The van der Waals surface area contributed by atoms with Crippen LogP contribution in [0.3, 0.4) is 0 Å². The van der Waals surface area contributed by atoms with Gasteiger partial charge in [0.05, 0.1) is 0 Å². The molecule has 0 aliphatic rings. The van der Waals surface area contributed by atoms with E-state index in [9.17, 15) is 0 Å². The molecule has 0 aliphatic carbocycles. The van der Waals surface area contributed by atoms with Crippen LogP contribution in [0.5, 0.6) is 0 Å². The van der Waals surface area contributed by atoms with Crippen LogP contribution in [-0.2, 0) is 20.1 Å². The van der Waals surface area contributed by atoms with Crippen molar-refractivity contribution in [2.45, 2.75) is 13.7 Å². The summed E-state index contributed by atoms with van der Waals surface area (Å²) in [4.78, 5) is 12.6. The summed E-state index contributed by atoms with van der Waals surface area (Å²) >= 11 is 0. The van der Waals surface area contributed by atoms with Gasteiger partial charge in [0.25, 0.3) is 0 Å². The Bertz CT molecular complexity index is 1910. The summed E-state index contributed by atoms with van der Waals surface area (Å²) in [5.74, 6) is 0. The smallest absolute Gasteiger partial charge is 0.305 e. The fourth-order valence-electron chi connectivity index (χ4n) is 4.19. The first-order valence-electron chi connectivity index (χ1n) is 17.0. The number of rotatable bonds is 4. The maximum absolute atomic E-state index is 7.29. The van der Waals surface area contributed by atoms with Crippen LogP contribution in [0.2, 0.25) is 0 Å². The molecule has 7 rings (SSSR count). The second kappa shape index (κ2) is 17.3. The summed E-state index contributed by atoms with van der Waals surface area (Å²) in [5.41, 5.74) is 7.46. The van der Waals surface area contributed by atoms with Crippen LogP contribution < -0.4 is 0 Å². The first-order valence-corrected chi connectivity index (χ1v) is 14.0. The van der Waals surface area contributed by atoms with Crippen LogP contribution in [-0.4, -0.2) is 15.0 Å². The van der Waals surface area contributed by atoms with Crippen LogP contribution in [0.15, 0.2) is 158 Å². The third-order valence-corrected chi connectivity index (χ3v) is 6.33. The van der Waals surface area contributed by atoms with Crippen LogP contribution in [0.4, 0.5) is 0 Å². The standard InChI is InChI=1S/C17H12N.2C12H10N.Ir/c1-2-6-14(7-3-1)15-9-11-16(12-10-15)17-8-4-5-13-18-17;2*1-10-6-5-9-12(13-10)11-7-3-2-4-8-11;/h1-11,13H;2*2-7,9H,1H3;/q3*-1;+3/i;2*1D3;. The van der Waals surface area contributed by atoms with E-state index in [1.807, 2.05) is 78.9 Å². The van der Waals surface area contributed by atoms with Gasteiger partial charge in [0.2, 0.25) is 0 Å². The summed E-state index contributed by atoms with van der Waals surface area (Å²) in [6, 6.07) is 56.4. The fraction of sp³-hybridized carbons (Fsp3) is 0.0488. The van der Waals surface area contributed by atoms with Gasteiger partial charge in [-0.15, -0.1) is 102 Å². The molecule has 0 spiro atoms. The number of hydrogen-bond donors (Lipinski definition) is 0. The molecule has 0 saturated heterocycles. The van der Waals surface area contributed by atoms with Gasteiger partial charge in [-0.25, -0.2) is 0 Å². The molecule has 0 N–H and O–H groups in total. The molecule has 45 heavy (non-hydrogen) atoms. The summed E-state index contributed by atoms with van der Waals surface area (Å²) in [5, 5.41) is 0. The normalized spacial score (nSPS) is 12.4. The van der Waals surface area contributed by atoms with Crippen molar-refractivity contribution < 1.29 is 28.3 Å². The van der Waals surface area contributed by atoms with Crippen molar-refractivity contribution in [2.24, 2.45) is 0 Å². The van der Waals surface area contributed by atoms with E-state index in [1.54, 1.807) is 42.6 Å². The van der Waals surface area contributed by atoms with E-state index in [0.29, 0.717) is 11.4 Å². The minimum absolute atomic E-state index is 0. The van der Waals surface area contributed by atoms with Crippen LogP contribution >= 0.6 is 0 Å². The SMILES string of the molecule is [2H]C([2H])([2H])c1cccc(-c2[c-]cccc2)n1.[2H]C([2H])([2H])c1cccc(-c2[c-]cccc2)n1.[Ir+3].[c-]1cc(-c2ccccc2)ccc1-c1ccccn1. The Kier molecular flexibility index (Phi) is 9.74. The Balaban J connectivity index is 0.000000170. The molecule has 0 fully saturated rings. The number of hydrogen-bond acceptors (Lipinski definition) is 3. The van der Waals surface area contributed by atoms with Gasteiger partial charge in [-0.05, 0) is 49.0 Å². The Morgan fingerprint density at radius 2 is 1.02 bits per heavy atom. The molecule has 0 saturated carbocycles. The molecular weight excluding hydrogens is 727 g/mol. The maximum Gasteiger partial charge on any atom is 3.00 e. The number of aryl methyl sites for hydroxylation is 2. The van der Waals surface area contributed by atoms with E-state index >= 15 is 0 Å². The minimum Gasteiger partial charge on any atom is -0.305 e. The third kappa shape index (κ3) is 10.0. The van der Waals surface area contributed by atoms with Gasteiger partial charge in [0.1, 0.15) is 0 Å². The van der Waals surface area contributed by atoms with E-state index in [-0.39, 0.29) is 31.5 Å². The number of nitrogens with zero attached hydrogens (tertiary/aromatic N) is 3. The predicted molar refractivity (Wildman–Crippen MR) is 180 cm³/mol. The zero-order chi connectivity index (χ0) is 35.4. The van der Waals surface area contributed by atoms with Crippen molar-refractivity contribution in [3.63, 3.8) is 0 Å². The molecule has 0 unspecified atom stereocenters. The monoisotopic (exact) mass is 765 g/mol. The molecule has 3 heterocycles. The Hall–Kier alpha value is -5.02.